The molecular weight excluding hydrogens is 544 g/mol. The van der Waals surface area contributed by atoms with E-state index in [1.807, 2.05) is 37.3 Å². The molecule has 1 saturated heterocycles. The Bertz CT molecular complexity index is 1600. The summed E-state index contributed by atoms with van der Waals surface area (Å²) in [7, 11) is 1.82. The van der Waals surface area contributed by atoms with Crippen LogP contribution in [0.2, 0.25) is 0 Å². The van der Waals surface area contributed by atoms with E-state index in [2.05, 4.69) is 25.8 Å². The van der Waals surface area contributed by atoms with Gasteiger partial charge in [0.2, 0.25) is 17.5 Å². The van der Waals surface area contributed by atoms with Crippen LogP contribution in [0.1, 0.15) is 49.1 Å². The zero-order chi connectivity index (χ0) is 29.5. The second-order valence-corrected chi connectivity index (χ2v) is 11.0. The number of imidazole rings is 1. The van der Waals surface area contributed by atoms with Gasteiger partial charge in [-0.3, -0.25) is 9.20 Å². The Hall–Kier alpha value is -4.20. The fourth-order valence-electron chi connectivity index (χ4n) is 4.68. The first-order chi connectivity index (χ1) is 19.4. The van der Waals surface area contributed by atoms with Crippen LogP contribution in [-0.4, -0.2) is 67.3 Å². The molecule has 0 unspecified atom stereocenters. The number of alkyl halides is 1. The number of aromatic nitrogens is 5. The molecule has 0 spiro atoms. The van der Waals surface area contributed by atoms with Crippen LogP contribution in [0, 0.1) is 0 Å². The number of carbonyl (C=O) groups excluding carboxylic acids is 1. The van der Waals surface area contributed by atoms with Crippen molar-refractivity contribution in [3.63, 3.8) is 0 Å². The van der Waals surface area contributed by atoms with Crippen LogP contribution in [-0.2, 0) is 12.1 Å². The fourth-order valence-corrected chi connectivity index (χ4v) is 4.68. The van der Waals surface area contributed by atoms with E-state index in [-0.39, 0.29) is 47.6 Å². The summed E-state index contributed by atoms with van der Waals surface area (Å²) in [5.41, 5.74) is -0.236. The fraction of sp³-hybridized carbons (Fsp3) is 0.407. The van der Waals surface area contributed by atoms with Crippen LogP contribution in [0.25, 0.3) is 23.0 Å². The monoisotopic (exact) mass is 574 g/mol. The smallest absolute Gasteiger partial charge is 0.307 e. The summed E-state index contributed by atoms with van der Waals surface area (Å²) in [6.45, 7) is 6.75. The van der Waals surface area contributed by atoms with Gasteiger partial charge < -0.3 is 24.6 Å². The molecule has 10 nitrogen and oxygen atoms in total. The van der Waals surface area contributed by atoms with Crippen molar-refractivity contribution in [1.82, 2.24) is 34.3 Å². The highest BCUT2D eigenvalue weighted by atomic mass is 19.3. The van der Waals surface area contributed by atoms with Crippen molar-refractivity contribution in [1.29, 1.82) is 0 Å². The lowest BCUT2D eigenvalue weighted by Crippen LogP contribution is -2.46. The summed E-state index contributed by atoms with van der Waals surface area (Å²) in [4.78, 5) is 23.0. The maximum absolute atomic E-state index is 14.8. The molecule has 0 saturated carbocycles. The summed E-state index contributed by atoms with van der Waals surface area (Å²) in [5, 5.41) is 9.56. The van der Waals surface area contributed by atoms with Crippen LogP contribution in [0.5, 0.6) is 0 Å². The van der Waals surface area contributed by atoms with Crippen molar-refractivity contribution in [2.24, 2.45) is 0 Å². The van der Waals surface area contributed by atoms with Crippen molar-refractivity contribution < 1.29 is 26.9 Å². The Morgan fingerprint density at radius 3 is 2.63 bits per heavy atom. The van der Waals surface area contributed by atoms with Crippen LogP contribution in [0.3, 0.4) is 0 Å². The molecule has 0 bridgehead atoms. The van der Waals surface area contributed by atoms with Gasteiger partial charge in [0.15, 0.2) is 5.65 Å². The molecule has 0 aliphatic carbocycles. The normalized spacial score (nSPS) is 18.0. The summed E-state index contributed by atoms with van der Waals surface area (Å²) >= 11 is 0. The molecule has 1 fully saturated rings. The second kappa shape index (κ2) is 11.0. The van der Waals surface area contributed by atoms with E-state index in [4.69, 9.17) is 4.52 Å². The third kappa shape index (κ3) is 5.82. The average Bonchev–Trinajstić information content (AvgIpc) is 3.66. The SMILES string of the molecule is CN1CC[C@@H](Nc2cccn3c(C(F)=C(F)F)c(-c4noc(CNC(=O)c5ccn(C(C)(C)C)c5)n4)nc23)[C@@H](F)C1. The lowest BCUT2D eigenvalue weighted by molar-refractivity contribution is 0.0946. The Balaban J connectivity index is 1.42. The van der Waals surface area contributed by atoms with Gasteiger partial charge in [0.25, 0.3) is 5.91 Å². The standard InChI is InChI=1S/C27H30F4N8O2/c1-27(2,3)38-11-7-15(13-38)26(40)32-12-19-34-24(36-41-19)21-22(20(29)23(30)31)39-9-5-6-18(25(39)35-21)33-17-8-10-37(4)14-16(17)28/h5-7,9,11,13,16-17,33H,8,10,12,14H2,1-4H3,(H,32,40)/t16-,17+/m0/s1. The zero-order valence-electron chi connectivity index (χ0n) is 23.0. The predicted octanol–water partition coefficient (Wildman–Crippen LogP) is 4.86. The molecule has 0 radical (unpaired) electrons. The number of halogens is 4. The van der Waals surface area contributed by atoms with E-state index in [0.29, 0.717) is 24.2 Å². The first kappa shape index (κ1) is 28.3. The first-order valence-corrected chi connectivity index (χ1v) is 13.0. The van der Waals surface area contributed by atoms with E-state index < -0.39 is 29.8 Å². The van der Waals surface area contributed by atoms with E-state index in [1.54, 1.807) is 24.5 Å². The third-order valence-corrected chi connectivity index (χ3v) is 6.92. The molecule has 2 N–H and O–H groups in total. The molecule has 2 atom stereocenters. The number of piperidine rings is 1. The zero-order valence-corrected chi connectivity index (χ0v) is 23.0. The summed E-state index contributed by atoms with van der Waals surface area (Å²) < 4.78 is 64.8. The summed E-state index contributed by atoms with van der Waals surface area (Å²) in [6, 6.07) is 4.25. The van der Waals surface area contributed by atoms with Crippen LogP contribution < -0.4 is 10.6 Å². The first-order valence-electron chi connectivity index (χ1n) is 13.0. The Kier molecular flexibility index (Phi) is 7.60. The maximum Gasteiger partial charge on any atom is 0.307 e. The molecule has 0 aromatic carbocycles. The number of amides is 1. The molecule has 5 rings (SSSR count). The van der Waals surface area contributed by atoms with Gasteiger partial charge in [0.05, 0.1) is 23.8 Å². The number of hydrogen-bond donors (Lipinski definition) is 2. The number of nitrogens with one attached hydrogen (secondary N) is 2. The molecule has 4 aromatic heterocycles. The number of carbonyl (C=O) groups is 1. The molecule has 1 aliphatic rings. The number of anilines is 1. The van der Waals surface area contributed by atoms with E-state index in [1.165, 1.54) is 12.3 Å². The lowest BCUT2D eigenvalue weighted by Gasteiger charge is -2.33. The predicted molar refractivity (Wildman–Crippen MR) is 144 cm³/mol. The Labute approximate surface area is 233 Å². The molecule has 218 valence electrons. The van der Waals surface area contributed by atoms with Crippen LogP contribution in [0.15, 0.2) is 47.4 Å². The second-order valence-electron chi connectivity index (χ2n) is 11.0. The van der Waals surface area contributed by atoms with Crippen LogP contribution >= 0.6 is 0 Å². The topological polar surface area (TPSA) is 106 Å². The number of rotatable bonds is 7. The van der Waals surface area contributed by atoms with Crippen molar-refractivity contribution >= 4 is 23.1 Å². The minimum Gasteiger partial charge on any atom is -0.376 e. The Morgan fingerprint density at radius 1 is 1.17 bits per heavy atom. The number of nitrogens with zero attached hydrogens (tertiary/aromatic N) is 6. The van der Waals surface area contributed by atoms with Crippen molar-refractivity contribution in [2.75, 3.05) is 25.5 Å². The van der Waals surface area contributed by atoms with Gasteiger partial charge in [-0.2, -0.15) is 18.2 Å². The minimum absolute atomic E-state index is 0.0401. The van der Waals surface area contributed by atoms with Gasteiger partial charge in [-0.15, -0.1) is 0 Å². The summed E-state index contributed by atoms with van der Waals surface area (Å²) in [5.74, 6) is -2.49. The highest BCUT2D eigenvalue weighted by Gasteiger charge is 2.30. The Morgan fingerprint density at radius 2 is 1.95 bits per heavy atom. The number of likely N-dealkylation sites (tertiary alicyclic amines) is 1. The van der Waals surface area contributed by atoms with Crippen molar-refractivity contribution in [3.8, 4) is 11.5 Å². The molecule has 1 amide bonds. The van der Waals surface area contributed by atoms with Gasteiger partial charge in [0, 0.05) is 37.2 Å². The van der Waals surface area contributed by atoms with Gasteiger partial charge in [-0.1, -0.05) is 5.16 Å². The molecule has 1 aliphatic heterocycles. The quantitative estimate of drug-likeness (QED) is 0.304. The van der Waals surface area contributed by atoms with Gasteiger partial charge >= 0.3 is 6.08 Å². The van der Waals surface area contributed by atoms with Crippen molar-refractivity contribution in [2.45, 2.75) is 51.5 Å². The number of fused-ring (bicyclic) bond motifs is 1. The number of hydrogen-bond acceptors (Lipinski definition) is 7. The highest BCUT2D eigenvalue weighted by molar-refractivity contribution is 5.94. The van der Waals surface area contributed by atoms with Gasteiger partial charge in [0.1, 0.15) is 17.6 Å². The van der Waals surface area contributed by atoms with E-state index in [0.717, 1.165) is 4.40 Å². The largest absolute Gasteiger partial charge is 0.376 e. The molecule has 5 heterocycles. The third-order valence-electron chi connectivity index (χ3n) is 6.92. The molecule has 14 heteroatoms. The van der Waals surface area contributed by atoms with Gasteiger partial charge in [-0.05, 0) is 52.4 Å². The lowest BCUT2D eigenvalue weighted by atomic mass is 10.0. The minimum atomic E-state index is -2.55. The average molecular weight is 575 g/mol. The van der Waals surface area contributed by atoms with Crippen molar-refractivity contribution in [3.05, 3.63) is 60.0 Å². The number of pyridine rings is 1. The molecule has 41 heavy (non-hydrogen) atoms. The molecular formula is C27H30F4N8O2. The van der Waals surface area contributed by atoms with E-state index in [9.17, 15) is 22.4 Å². The highest BCUT2D eigenvalue weighted by Crippen LogP contribution is 2.34. The van der Waals surface area contributed by atoms with E-state index >= 15 is 0 Å². The molecule has 4 aromatic rings. The maximum atomic E-state index is 14.8. The van der Waals surface area contributed by atoms with Crippen LogP contribution in [0.4, 0.5) is 23.2 Å². The summed E-state index contributed by atoms with van der Waals surface area (Å²) in [6.07, 6.45) is 1.64. The van der Waals surface area contributed by atoms with Gasteiger partial charge in [-0.25, -0.2) is 9.37 Å².